The van der Waals surface area contributed by atoms with Gasteiger partial charge in [-0.05, 0) is 74.8 Å². The van der Waals surface area contributed by atoms with Gasteiger partial charge >= 0.3 is 0 Å². The van der Waals surface area contributed by atoms with Gasteiger partial charge in [-0.3, -0.25) is 4.57 Å². The zero-order valence-corrected chi connectivity index (χ0v) is 31.3. The van der Waals surface area contributed by atoms with Crippen molar-refractivity contribution in [2.45, 2.75) is 0 Å². The minimum atomic E-state index is 0.649. The summed E-state index contributed by atoms with van der Waals surface area (Å²) in [7, 11) is 0. The van der Waals surface area contributed by atoms with Crippen LogP contribution in [0.3, 0.4) is 0 Å². The van der Waals surface area contributed by atoms with E-state index in [4.69, 9.17) is 9.97 Å². The van der Waals surface area contributed by atoms with Crippen LogP contribution in [0.1, 0.15) is 0 Å². The standard InChI is InChI=1S/C54H32N4/c1-3-15-33(16-4-1)35-19-11-20-36(31-35)43-32-44-49(39-23-8-7-21-37(39)43)52(34-17-5-2-6-18-34)56-54(55-44)58-46-28-13-24-40-42-26-12-25-41-38-22-9-10-27-45(38)57(53(41)42)47-29-14-30-48(58)51(47)50(40)46/h1-32H. The fourth-order valence-corrected chi connectivity index (χ4v) is 9.83. The molecule has 0 spiro atoms. The molecule has 13 rings (SSSR count). The quantitative estimate of drug-likeness (QED) is 0.169. The Morgan fingerprint density at radius 1 is 0.328 bits per heavy atom. The van der Waals surface area contributed by atoms with Crippen LogP contribution in [-0.4, -0.2) is 18.9 Å². The van der Waals surface area contributed by atoms with Crippen molar-refractivity contribution < 1.29 is 0 Å². The Morgan fingerprint density at radius 2 is 0.862 bits per heavy atom. The Balaban J connectivity index is 1.17. The lowest BCUT2D eigenvalue weighted by Crippen LogP contribution is -2.04. The summed E-state index contributed by atoms with van der Waals surface area (Å²) in [5.74, 6) is 0.649. The van der Waals surface area contributed by atoms with Crippen molar-refractivity contribution in [3.8, 4) is 39.5 Å². The van der Waals surface area contributed by atoms with E-state index in [1.54, 1.807) is 0 Å². The molecule has 4 heterocycles. The van der Waals surface area contributed by atoms with Gasteiger partial charge in [-0.1, -0.05) is 158 Å². The number of hydrogen-bond donors (Lipinski definition) is 0. The second-order valence-electron chi connectivity index (χ2n) is 15.3. The summed E-state index contributed by atoms with van der Waals surface area (Å²) in [4.78, 5) is 11.2. The maximum absolute atomic E-state index is 5.59. The van der Waals surface area contributed by atoms with Gasteiger partial charge in [0.25, 0.3) is 0 Å². The molecule has 0 bridgehead atoms. The number of aromatic nitrogens is 4. The topological polar surface area (TPSA) is 35.1 Å². The molecule has 0 saturated heterocycles. The lowest BCUT2D eigenvalue weighted by molar-refractivity contribution is 1.01. The number of fused-ring (bicyclic) bond motifs is 8. The highest BCUT2D eigenvalue weighted by atomic mass is 15.2. The second-order valence-corrected chi connectivity index (χ2v) is 15.3. The van der Waals surface area contributed by atoms with Crippen molar-refractivity contribution >= 4 is 81.6 Å². The van der Waals surface area contributed by atoms with Crippen LogP contribution in [0.2, 0.25) is 0 Å². The maximum atomic E-state index is 5.59. The molecule has 0 aliphatic rings. The molecule has 0 N–H and O–H groups in total. The molecule has 13 aromatic rings. The van der Waals surface area contributed by atoms with Crippen molar-refractivity contribution in [1.29, 1.82) is 0 Å². The third-order valence-corrected chi connectivity index (χ3v) is 12.2. The fraction of sp³-hybridized carbons (Fsp3) is 0. The van der Waals surface area contributed by atoms with Gasteiger partial charge in [0, 0.05) is 37.9 Å². The first-order valence-corrected chi connectivity index (χ1v) is 19.8. The van der Waals surface area contributed by atoms with Crippen LogP contribution in [0.25, 0.3) is 121 Å². The number of para-hydroxylation sites is 2. The summed E-state index contributed by atoms with van der Waals surface area (Å²) < 4.78 is 4.77. The molecule has 0 aliphatic carbocycles. The predicted octanol–water partition coefficient (Wildman–Crippen LogP) is 14.0. The summed E-state index contributed by atoms with van der Waals surface area (Å²) in [6.45, 7) is 0. The molecular formula is C54H32N4. The average molecular weight is 737 g/mol. The summed E-state index contributed by atoms with van der Waals surface area (Å²) in [6, 6.07) is 70.0. The van der Waals surface area contributed by atoms with E-state index in [9.17, 15) is 0 Å². The van der Waals surface area contributed by atoms with Gasteiger partial charge in [0.1, 0.15) is 0 Å². The van der Waals surface area contributed by atoms with Crippen molar-refractivity contribution in [2.75, 3.05) is 0 Å². The molecule has 4 nitrogen and oxygen atoms in total. The van der Waals surface area contributed by atoms with Gasteiger partial charge in [0.15, 0.2) is 0 Å². The summed E-state index contributed by atoms with van der Waals surface area (Å²) in [5, 5.41) is 10.7. The van der Waals surface area contributed by atoms with Crippen LogP contribution in [0.15, 0.2) is 194 Å². The monoisotopic (exact) mass is 736 g/mol. The van der Waals surface area contributed by atoms with Crippen molar-refractivity contribution in [2.24, 2.45) is 0 Å². The van der Waals surface area contributed by atoms with E-state index in [0.29, 0.717) is 5.95 Å². The first-order chi connectivity index (χ1) is 28.8. The summed E-state index contributed by atoms with van der Waals surface area (Å²) in [5.41, 5.74) is 13.3. The van der Waals surface area contributed by atoms with Crippen molar-refractivity contribution in [3.05, 3.63) is 194 Å². The Hall–Kier alpha value is -7.82. The number of hydrogen-bond acceptors (Lipinski definition) is 2. The Morgan fingerprint density at radius 3 is 1.69 bits per heavy atom. The average Bonchev–Trinajstić information content (AvgIpc) is 3.78. The lowest BCUT2D eigenvalue weighted by Gasteiger charge is -2.16. The molecule has 4 heteroatoms. The molecule has 0 saturated carbocycles. The van der Waals surface area contributed by atoms with E-state index in [1.807, 2.05) is 0 Å². The molecule has 268 valence electrons. The molecule has 0 unspecified atom stereocenters. The molecule has 4 aromatic heterocycles. The lowest BCUT2D eigenvalue weighted by atomic mass is 9.92. The van der Waals surface area contributed by atoms with E-state index < -0.39 is 0 Å². The van der Waals surface area contributed by atoms with Gasteiger partial charge in [0.05, 0.1) is 38.8 Å². The van der Waals surface area contributed by atoms with Gasteiger partial charge < -0.3 is 4.40 Å². The van der Waals surface area contributed by atoms with Crippen LogP contribution < -0.4 is 0 Å². The third-order valence-electron chi connectivity index (χ3n) is 12.2. The van der Waals surface area contributed by atoms with Crippen LogP contribution in [-0.2, 0) is 0 Å². The highest BCUT2D eigenvalue weighted by Crippen LogP contribution is 2.45. The highest BCUT2D eigenvalue weighted by molar-refractivity contribution is 6.31. The van der Waals surface area contributed by atoms with E-state index in [1.165, 1.54) is 65.4 Å². The first-order valence-electron chi connectivity index (χ1n) is 19.8. The SMILES string of the molecule is c1ccc(-c2cccc(-c3cc4nc(-n5c6cccc7c8cccc9c%10ccccc%10n(c%10cccc5c%10c76)c89)nc(-c5ccccc5)c4c4ccccc34)c2)cc1. The summed E-state index contributed by atoms with van der Waals surface area (Å²) in [6.07, 6.45) is 0. The minimum Gasteiger partial charge on any atom is -0.308 e. The normalized spacial score (nSPS) is 12.1. The third kappa shape index (κ3) is 4.29. The number of rotatable bonds is 4. The molecule has 0 atom stereocenters. The molecule has 0 radical (unpaired) electrons. The van der Waals surface area contributed by atoms with Crippen LogP contribution in [0.5, 0.6) is 0 Å². The maximum Gasteiger partial charge on any atom is 0.235 e. The molecular weight excluding hydrogens is 705 g/mol. The highest BCUT2D eigenvalue weighted by Gasteiger charge is 2.24. The van der Waals surface area contributed by atoms with Gasteiger partial charge in [-0.25, -0.2) is 9.97 Å². The van der Waals surface area contributed by atoms with Crippen LogP contribution in [0, 0.1) is 0 Å². The second kappa shape index (κ2) is 11.8. The van der Waals surface area contributed by atoms with E-state index in [-0.39, 0.29) is 0 Å². The van der Waals surface area contributed by atoms with Crippen molar-refractivity contribution in [3.63, 3.8) is 0 Å². The zero-order valence-electron chi connectivity index (χ0n) is 31.3. The van der Waals surface area contributed by atoms with Crippen LogP contribution in [0.4, 0.5) is 0 Å². The smallest absolute Gasteiger partial charge is 0.235 e. The minimum absolute atomic E-state index is 0.649. The Labute approximate surface area is 332 Å². The largest absolute Gasteiger partial charge is 0.308 e. The Kier molecular flexibility index (Phi) is 6.41. The van der Waals surface area contributed by atoms with Gasteiger partial charge in [-0.15, -0.1) is 0 Å². The predicted molar refractivity (Wildman–Crippen MR) is 242 cm³/mol. The molecule has 9 aromatic carbocycles. The zero-order chi connectivity index (χ0) is 37.9. The molecule has 0 aliphatic heterocycles. The van der Waals surface area contributed by atoms with Crippen LogP contribution >= 0.6 is 0 Å². The number of benzene rings is 9. The van der Waals surface area contributed by atoms with Gasteiger partial charge in [0.2, 0.25) is 5.95 Å². The number of nitrogens with zero attached hydrogens (tertiary/aromatic N) is 4. The molecule has 58 heavy (non-hydrogen) atoms. The van der Waals surface area contributed by atoms with E-state index >= 15 is 0 Å². The van der Waals surface area contributed by atoms with E-state index in [0.717, 1.165) is 49.7 Å². The summed E-state index contributed by atoms with van der Waals surface area (Å²) >= 11 is 0. The molecule has 0 amide bonds. The fourth-order valence-electron chi connectivity index (χ4n) is 9.83. The molecule has 0 fully saturated rings. The first kappa shape index (κ1) is 31.4. The van der Waals surface area contributed by atoms with E-state index in [2.05, 4.69) is 203 Å². The van der Waals surface area contributed by atoms with Crippen molar-refractivity contribution in [1.82, 2.24) is 18.9 Å². The Bertz CT molecular complexity index is 3780. The van der Waals surface area contributed by atoms with Gasteiger partial charge in [-0.2, -0.15) is 0 Å².